The Bertz CT molecular complexity index is 966. The summed E-state index contributed by atoms with van der Waals surface area (Å²) in [5, 5.41) is 2.85. The van der Waals surface area contributed by atoms with Crippen LogP contribution < -0.4 is 10.1 Å². The maximum absolute atomic E-state index is 13.3. The molecule has 184 valence electrons. The maximum atomic E-state index is 13.3. The minimum atomic E-state index is -0.132. The lowest BCUT2D eigenvalue weighted by molar-refractivity contribution is -0.115. The third-order valence-electron chi connectivity index (χ3n) is 6.41. The van der Waals surface area contributed by atoms with Crippen LogP contribution in [-0.4, -0.2) is 67.6 Å². The second-order valence-electron chi connectivity index (χ2n) is 9.12. The molecule has 7 heteroatoms. The highest BCUT2D eigenvalue weighted by Crippen LogP contribution is 2.27. The normalized spacial score (nSPS) is 22.2. The van der Waals surface area contributed by atoms with Crippen molar-refractivity contribution < 1.29 is 19.1 Å². The van der Waals surface area contributed by atoms with Gasteiger partial charge < -0.3 is 19.7 Å². The SMILES string of the molecule is CCC(=O)Nc1ccc2c(c1)OC[C@@H](C)N(Cc1ccccc1)C[C@@H](C)[C@H](OC)CN(C)C2=O. The number of nitrogens with zero attached hydrogens (tertiary/aromatic N) is 2. The molecule has 0 unspecified atom stereocenters. The highest BCUT2D eigenvalue weighted by atomic mass is 16.5. The lowest BCUT2D eigenvalue weighted by atomic mass is 10.0. The van der Waals surface area contributed by atoms with E-state index in [0.29, 0.717) is 36.6 Å². The Morgan fingerprint density at radius 2 is 1.88 bits per heavy atom. The topological polar surface area (TPSA) is 71.1 Å². The molecule has 0 radical (unpaired) electrons. The summed E-state index contributed by atoms with van der Waals surface area (Å²) in [6.45, 7) is 8.58. The molecule has 34 heavy (non-hydrogen) atoms. The zero-order chi connectivity index (χ0) is 24.7. The molecule has 7 nitrogen and oxygen atoms in total. The molecule has 0 aromatic heterocycles. The Balaban J connectivity index is 1.94. The van der Waals surface area contributed by atoms with E-state index in [2.05, 4.69) is 48.3 Å². The van der Waals surface area contributed by atoms with E-state index in [9.17, 15) is 9.59 Å². The van der Waals surface area contributed by atoms with Crippen molar-refractivity contribution in [1.29, 1.82) is 0 Å². The van der Waals surface area contributed by atoms with E-state index in [1.54, 1.807) is 44.2 Å². The number of benzene rings is 2. The summed E-state index contributed by atoms with van der Waals surface area (Å²) in [4.78, 5) is 29.3. The predicted molar refractivity (Wildman–Crippen MR) is 134 cm³/mol. The van der Waals surface area contributed by atoms with Gasteiger partial charge in [0, 0.05) is 58.0 Å². The largest absolute Gasteiger partial charge is 0.491 e. The lowest BCUT2D eigenvalue weighted by Crippen LogP contribution is -2.46. The second kappa shape index (κ2) is 12.0. The van der Waals surface area contributed by atoms with Crippen molar-refractivity contribution in [1.82, 2.24) is 9.80 Å². The number of carbonyl (C=O) groups is 2. The van der Waals surface area contributed by atoms with Crippen molar-refractivity contribution in [3.63, 3.8) is 0 Å². The highest BCUT2D eigenvalue weighted by molar-refractivity contribution is 5.98. The van der Waals surface area contributed by atoms with Crippen LogP contribution in [0.15, 0.2) is 48.5 Å². The third-order valence-corrected chi connectivity index (χ3v) is 6.41. The number of carbonyl (C=O) groups excluding carboxylic acids is 2. The van der Waals surface area contributed by atoms with Crippen molar-refractivity contribution >= 4 is 17.5 Å². The van der Waals surface area contributed by atoms with Gasteiger partial charge in [0.05, 0.1) is 11.7 Å². The highest BCUT2D eigenvalue weighted by Gasteiger charge is 2.28. The molecular formula is C27H37N3O4. The molecule has 3 atom stereocenters. The molecule has 0 saturated heterocycles. The van der Waals surface area contributed by atoms with Crippen LogP contribution in [0.1, 0.15) is 43.1 Å². The van der Waals surface area contributed by atoms with Crippen molar-refractivity contribution in [3.05, 3.63) is 59.7 Å². The van der Waals surface area contributed by atoms with E-state index in [1.807, 2.05) is 6.07 Å². The molecule has 0 fully saturated rings. The Morgan fingerprint density at radius 3 is 2.56 bits per heavy atom. The van der Waals surface area contributed by atoms with E-state index in [-0.39, 0.29) is 29.9 Å². The monoisotopic (exact) mass is 467 g/mol. The molecule has 0 spiro atoms. The van der Waals surface area contributed by atoms with E-state index in [1.165, 1.54) is 5.56 Å². The van der Waals surface area contributed by atoms with Crippen LogP contribution in [0.5, 0.6) is 5.75 Å². The zero-order valence-corrected chi connectivity index (χ0v) is 20.9. The molecule has 0 saturated carbocycles. The van der Waals surface area contributed by atoms with Crippen molar-refractivity contribution in [2.75, 3.05) is 39.2 Å². The number of hydrogen-bond acceptors (Lipinski definition) is 5. The molecule has 1 N–H and O–H groups in total. The summed E-state index contributed by atoms with van der Waals surface area (Å²) in [5.74, 6) is 0.458. The number of methoxy groups -OCH3 is 1. The molecule has 1 aliphatic rings. The summed E-state index contributed by atoms with van der Waals surface area (Å²) in [7, 11) is 3.49. The summed E-state index contributed by atoms with van der Waals surface area (Å²) in [6.07, 6.45) is 0.271. The zero-order valence-electron chi connectivity index (χ0n) is 20.9. The number of nitrogens with one attached hydrogen (secondary N) is 1. The van der Waals surface area contributed by atoms with E-state index >= 15 is 0 Å². The first-order valence-corrected chi connectivity index (χ1v) is 11.9. The van der Waals surface area contributed by atoms with E-state index in [0.717, 1.165) is 13.1 Å². The van der Waals surface area contributed by atoms with Crippen LogP contribution in [0.3, 0.4) is 0 Å². The summed E-state index contributed by atoms with van der Waals surface area (Å²) in [6, 6.07) is 15.7. The first kappa shape index (κ1) is 25.7. The number of ether oxygens (including phenoxy) is 2. The van der Waals surface area contributed by atoms with Gasteiger partial charge in [-0.3, -0.25) is 14.5 Å². The number of likely N-dealkylation sites (N-methyl/N-ethyl adjacent to an activating group) is 1. The summed E-state index contributed by atoms with van der Waals surface area (Å²) < 4.78 is 12.1. The molecule has 2 amide bonds. The van der Waals surface area contributed by atoms with Gasteiger partial charge in [-0.15, -0.1) is 0 Å². The molecule has 3 rings (SSSR count). The Kier molecular flexibility index (Phi) is 9.07. The smallest absolute Gasteiger partial charge is 0.257 e. The maximum Gasteiger partial charge on any atom is 0.257 e. The molecule has 0 aliphatic carbocycles. The Morgan fingerprint density at radius 1 is 1.15 bits per heavy atom. The van der Waals surface area contributed by atoms with Gasteiger partial charge in [0.1, 0.15) is 12.4 Å². The fraction of sp³-hybridized carbons (Fsp3) is 0.481. The number of amides is 2. The molecular weight excluding hydrogens is 430 g/mol. The van der Waals surface area contributed by atoms with Crippen molar-refractivity contribution in [2.24, 2.45) is 5.92 Å². The van der Waals surface area contributed by atoms with Gasteiger partial charge in [0.2, 0.25) is 5.91 Å². The number of rotatable bonds is 5. The van der Waals surface area contributed by atoms with Gasteiger partial charge in [0.15, 0.2) is 0 Å². The second-order valence-corrected chi connectivity index (χ2v) is 9.12. The van der Waals surface area contributed by atoms with Crippen LogP contribution in [0, 0.1) is 5.92 Å². The van der Waals surface area contributed by atoms with Crippen LogP contribution in [0.2, 0.25) is 0 Å². The predicted octanol–water partition coefficient (Wildman–Crippen LogP) is 4.04. The molecule has 1 aliphatic heterocycles. The Hall–Kier alpha value is -2.90. The average Bonchev–Trinajstić information content (AvgIpc) is 2.84. The molecule has 2 aromatic rings. The van der Waals surface area contributed by atoms with Gasteiger partial charge in [-0.25, -0.2) is 0 Å². The fourth-order valence-corrected chi connectivity index (χ4v) is 4.21. The number of fused-ring (bicyclic) bond motifs is 1. The standard InChI is InChI=1S/C27H37N3O4/c1-6-26(31)28-22-12-13-23-24(14-22)34-18-20(3)30(16-21-10-8-7-9-11-21)15-19(2)25(33-5)17-29(4)27(23)32/h7-14,19-20,25H,6,15-18H2,1-5H3,(H,28,31)/t19-,20-,25-/m1/s1. The van der Waals surface area contributed by atoms with Crippen molar-refractivity contribution in [3.8, 4) is 5.75 Å². The van der Waals surface area contributed by atoms with Crippen LogP contribution >= 0.6 is 0 Å². The first-order chi connectivity index (χ1) is 16.3. The number of anilines is 1. The minimum Gasteiger partial charge on any atom is -0.491 e. The van der Waals surface area contributed by atoms with Crippen LogP contribution in [0.4, 0.5) is 5.69 Å². The van der Waals surface area contributed by atoms with Gasteiger partial charge in [-0.2, -0.15) is 0 Å². The van der Waals surface area contributed by atoms with Gasteiger partial charge >= 0.3 is 0 Å². The van der Waals surface area contributed by atoms with Crippen LogP contribution in [-0.2, 0) is 16.1 Å². The first-order valence-electron chi connectivity index (χ1n) is 11.9. The Labute approximate surface area is 203 Å². The van der Waals surface area contributed by atoms with Gasteiger partial charge in [-0.1, -0.05) is 44.2 Å². The van der Waals surface area contributed by atoms with E-state index in [4.69, 9.17) is 9.47 Å². The quantitative estimate of drug-likeness (QED) is 0.719. The third kappa shape index (κ3) is 6.58. The van der Waals surface area contributed by atoms with Crippen LogP contribution in [0.25, 0.3) is 0 Å². The molecule has 2 aromatic carbocycles. The number of hydrogen-bond donors (Lipinski definition) is 1. The lowest BCUT2D eigenvalue weighted by Gasteiger charge is -2.36. The minimum absolute atomic E-state index is 0.0872. The van der Waals surface area contributed by atoms with Gasteiger partial charge in [0.25, 0.3) is 5.91 Å². The summed E-state index contributed by atoms with van der Waals surface area (Å²) >= 11 is 0. The van der Waals surface area contributed by atoms with E-state index < -0.39 is 0 Å². The molecule has 0 bridgehead atoms. The molecule has 1 heterocycles. The van der Waals surface area contributed by atoms with Crippen molar-refractivity contribution in [2.45, 2.75) is 45.9 Å². The fourth-order valence-electron chi connectivity index (χ4n) is 4.21. The summed E-state index contributed by atoms with van der Waals surface area (Å²) in [5.41, 5.74) is 2.33. The van der Waals surface area contributed by atoms with Gasteiger partial charge in [-0.05, 0) is 30.5 Å². The average molecular weight is 468 g/mol.